The zero-order valence-corrected chi connectivity index (χ0v) is 23.8. The number of aromatic nitrogens is 2. The van der Waals surface area contributed by atoms with Crippen molar-refractivity contribution in [2.24, 2.45) is 5.92 Å². The van der Waals surface area contributed by atoms with E-state index >= 15 is 0 Å². The number of benzene rings is 3. The average Bonchev–Trinajstić information content (AvgIpc) is 3.28. The number of fused-ring (bicyclic) bond motifs is 5. The van der Waals surface area contributed by atoms with Gasteiger partial charge in [-0.15, -0.1) is 0 Å². The summed E-state index contributed by atoms with van der Waals surface area (Å²) >= 11 is 0. The fraction of sp³-hybridized carbons (Fsp3) is 0.306. The van der Waals surface area contributed by atoms with Crippen LogP contribution >= 0.6 is 0 Å². The number of nitrogens with zero attached hydrogens (tertiary/aromatic N) is 3. The Kier molecular flexibility index (Phi) is 6.64. The highest BCUT2D eigenvalue weighted by Gasteiger charge is 2.35. The van der Waals surface area contributed by atoms with Crippen LogP contribution < -0.4 is 5.56 Å². The number of hydrogen-bond donors (Lipinski definition) is 1. The van der Waals surface area contributed by atoms with E-state index in [2.05, 4.69) is 102 Å². The SMILES string of the molecule is Cc1cc(C)c2c(c1)c(-c1ccccc1)c(-c1ccccc1)n2C[C@@H](O)CN1C[C@H]2C[C@H](C1)c1cccc(=O)n1C2. The first-order valence-electron chi connectivity index (χ1n) is 14.8. The number of piperidine rings is 1. The van der Waals surface area contributed by atoms with E-state index < -0.39 is 6.10 Å². The summed E-state index contributed by atoms with van der Waals surface area (Å²) < 4.78 is 4.34. The van der Waals surface area contributed by atoms with Crippen LogP contribution in [0.1, 0.15) is 29.2 Å². The molecular formula is C36H37N3O2. The molecule has 0 amide bonds. The summed E-state index contributed by atoms with van der Waals surface area (Å²) in [5, 5.41) is 12.9. The molecule has 0 unspecified atom stereocenters. The molecule has 7 rings (SSSR count). The summed E-state index contributed by atoms with van der Waals surface area (Å²) in [4.78, 5) is 14.9. The lowest BCUT2D eigenvalue weighted by Gasteiger charge is -2.43. The number of rotatable bonds is 6. The molecule has 0 spiro atoms. The Balaban J connectivity index is 1.27. The summed E-state index contributed by atoms with van der Waals surface area (Å²) in [6, 6.07) is 31.5. The minimum Gasteiger partial charge on any atom is -0.390 e. The maximum atomic E-state index is 12.5. The van der Waals surface area contributed by atoms with Crippen molar-refractivity contribution in [2.45, 2.75) is 45.4 Å². The van der Waals surface area contributed by atoms with Gasteiger partial charge in [0.1, 0.15) is 0 Å². The van der Waals surface area contributed by atoms with Crippen LogP contribution in [0.3, 0.4) is 0 Å². The summed E-state index contributed by atoms with van der Waals surface area (Å²) in [7, 11) is 0. The van der Waals surface area contributed by atoms with Crippen LogP contribution in [0, 0.1) is 19.8 Å². The number of aryl methyl sites for hydroxylation is 2. The van der Waals surface area contributed by atoms with Crippen molar-refractivity contribution in [2.75, 3.05) is 19.6 Å². The van der Waals surface area contributed by atoms with Crippen LogP contribution in [-0.4, -0.2) is 44.9 Å². The third-order valence-electron chi connectivity index (χ3n) is 9.02. The van der Waals surface area contributed by atoms with Crippen LogP contribution in [0.5, 0.6) is 0 Å². The molecule has 5 nitrogen and oxygen atoms in total. The highest BCUT2D eigenvalue weighted by Crippen LogP contribution is 2.43. The molecule has 3 atom stereocenters. The van der Waals surface area contributed by atoms with Gasteiger partial charge in [-0.3, -0.25) is 9.69 Å². The third-order valence-corrected chi connectivity index (χ3v) is 9.02. The van der Waals surface area contributed by atoms with Gasteiger partial charge >= 0.3 is 0 Å². The van der Waals surface area contributed by atoms with Crippen LogP contribution in [0.4, 0.5) is 0 Å². The lowest BCUT2D eigenvalue weighted by molar-refractivity contribution is 0.0555. The molecule has 2 bridgehead atoms. The topological polar surface area (TPSA) is 50.4 Å². The van der Waals surface area contributed by atoms with Gasteiger partial charge in [0.25, 0.3) is 5.56 Å². The van der Waals surface area contributed by atoms with Crippen LogP contribution in [0.2, 0.25) is 0 Å². The number of likely N-dealkylation sites (tertiary alicyclic amines) is 1. The van der Waals surface area contributed by atoms with Crippen LogP contribution in [-0.2, 0) is 13.1 Å². The van der Waals surface area contributed by atoms with Gasteiger partial charge in [0.2, 0.25) is 0 Å². The number of hydrogen-bond acceptors (Lipinski definition) is 3. The Labute approximate surface area is 241 Å². The van der Waals surface area contributed by atoms with Gasteiger partial charge in [-0.1, -0.05) is 78.4 Å². The van der Waals surface area contributed by atoms with E-state index in [0.29, 0.717) is 24.9 Å². The molecule has 3 aromatic carbocycles. The minimum atomic E-state index is -0.533. The average molecular weight is 544 g/mol. The van der Waals surface area contributed by atoms with Crippen molar-refractivity contribution < 1.29 is 5.11 Å². The first kappa shape index (κ1) is 26.0. The van der Waals surface area contributed by atoms with Crippen molar-refractivity contribution >= 4 is 10.9 Å². The Bertz CT molecular complexity index is 1770. The lowest BCUT2D eigenvalue weighted by Crippen LogP contribution is -2.49. The van der Waals surface area contributed by atoms with E-state index in [-0.39, 0.29) is 5.56 Å². The standard InChI is InChI=1S/C36H37N3O2/c1-24-16-25(2)35-31(17-24)34(27-10-5-3-6-11-27)36(28-12-7-4-8-13-28)39(35)23-30(40)22-37-19-26-18-29(21-37)32-14-9-15-33(41)38(32)20-26/h3-17,26,29-30,40H,18-23H2,1-2H3/t26-,29-,30+/m1/s1. The summed E-state index contributed by atoms with van der Waals surface area (Å²) in [5.41, 5.74) is 9.63. The molecule has 5 heteroatoms. The van der Waals surface area contributed by atoms with Gasteiger partial charge in [-0.2, -0.15) is 0 Å². The van der Waals surface area contributed by atoms with Crippen LogP contribution in [0.25, 0.3) is 33.3 Å². The molecule has 208 valence electrons. The van der Waals surface area contributed by atoms with Gasteiger partial charge < -0.3 is 14.2 Å². The molecule has 2 aliphatic rings. The molecule has 1 N–H and O–H groups in total. The highest BCUT2D eigenvalue weighted by molar-refractivity contribution is 6.06. The number of β-amino-alcohol motifs (C(OH)–C–C–N with tert-alkyl or cyclic N) is 1. The van der Waals surface area contributed by atoms with E-state index in [9.17, 15) is 9.90 Å². The maximum Gasteiger partial charge on any atom is 0.250 e. The second kappa shape index (κ2) is 10.5. The molecule has 2 aromatic heterocycles. The Morgan fingerprint density at radius 1 is 0.829 bits per heavy atom. The van der Waals surface area contributed by atoms with Gasteiger partial charge in [-0.05, 0) is 55.0 Å². The van der Waals surface area contributed by atoms with Crippen molar-refractivity contribution in [1.29, 1.82) is 0 Å². The predicted octanol–water partition coefficient (Wildman–Crippen LogP) is 6.23. The first-order valence-corrected chi connectivity index (χ1v) is 14.8. The number of aliphatic hydroxyl groups is 1. The number of pyridine rings is 1. The van der Waals surface area contributed by atoms with Crippen molar-refractivity contribution in [3.05, 3.63) is 118 Å². The van der Waals surface area contributed by atoms with Crippen molar-refractivity contribution in [3.8, 4) is 22.4 Å². The molecule has 41 heavy (non-hydrogen) atoms. The molecular weight excluding hydrogens is 506 g/mol. The van der Waals surface area contributed by atoms with E-state index in [1.54, 1.807) is 6.07 Å². The molecule has 5 aromatic rings. The monoisotopic (exact) mass is 543 g/mol. The lowest BCUT2D eigenvalue weighted by atomic mass is 9.83. The van der Waals surface area contributed by atoms with E-state index in [1.807, 2.05) is 10.6 Å². The van der Waals surface area contributed by atoms with Crippen molar-refractivity contribution in [3.63, 3.8) is 0 Å². The molecule has 0 radical (unpaired) electrons. The summed E-state index contributed by atoms with van der Waals surface area (Å²) in [6.45, 7) is 8.05. The second-order valence-corrected chi connectivity index (χ2v) is 12.1. The molecule has 0 saturated carbocycles. The smallest absolute Gasteiger partial charge is 0.250 e. The fourth-order valence-electron chi connectivity index (χ4n) is 7.57. The third kappa shape index (κ3) is 4.73. The van der Waals surface area contributed by atoms with Gasteiger partial charge in [0, 0.05) is 54.8 Å². The molecule has 1 saturated heterocycles. The van der Waals surface area contributed by atoms with E-state index in [0.717, 1.165) is 43.0 Å². The molecule has 0 aliphatic carbocycles. The fourth-order valence-corrected chi connectivity index (χ4v) is 7.57. The zero-order valence-electron chi connectivity index (χ0n) is 23.8. The normalized spacial score (nSPS) is 19.3. The second-order valence-electron chi connectivity index (χ2n) is 12.1. The molecule has 1 fully saturated rings. The Morgan fingerprint density at radius 2 is 1.56 bits per heavy atom. The number of aliphatic hydroxyl groups excluding tert-OH is 1. The van der Waals surface area contributed by atoms with E-state index in [1.165, 1.54) is 33.2 Å². The predicted molar refractivity (Wildman–Crippen MR) is 166 cm³/mol. The largest absolute Gasteiger partial charge is 0.390 e. The summed E-state index contributed by atoms with van der Waals surface area (Å²) in [5.74, 6) is 0.779. The minimum absolute atomic E-state index is 0.110. The quantitative estimate of drug-likeness (QED) is 0.276. The molecule has 2 aliphatic heterocycles. The molecule has 4 heterocycles. The summed E-state index contributed by atoms with van der Waals surface area (Å²) in [6.07, 6.45) is 0.587. The van der Waals surface area contributed by atoms with Gasteiger partial charge in [0.15, 0.2) is 0 Å². The Morgan fingerprint density at radius 3 is 2.32 bits per heavy atom. The Hall–Kier alpha value is -3.93. The van der Waals surface area contributed by atoms with Gasteiger partial charge in [-0.25, -0.2) is 0 Å². The first-order chi connectivity index (χ1) is 20.0. The highest BCUT2D eigenvalue weighted by atomic mass is 16.3. The zero-order chi connectivity index (χ0) is 28.1. The van der Waals surface area contributed by atoms with E-state index in [4.69, 9.17) is 0 Å². The maximum absolute atomic E-state index is 12.5. The van der Waals surface area contributed by atoms with Crippen LogP contribution in [0.15, 0.2) is 95.8 Å². The van der Waals surface area contributed by atoms with Crippen molar-refractivity contribution in [1.82, 2.24) is 14.0 Å². The van der Waals surface area contributed by atoms with Gasteiger partial charge in [0.05, 0.1) is 23.9 Å².